The number of hydrogen-bond acceptors (Lipinski definition) is 4. The fraction of sp³-hybridized carbons (Fsp3) is 0.263. The Morgan fingerprint density at radius 3 is 2.32 bits per heavy atom. The maximum atomic E-state index is 11.9. The summed E-state index contributed by atoms with van der Waals surface area (Å²) in [6.07, 6.45) is -0.833. The molecular formula is C19H20ClNO4. The lowest BCUT2D eigenvalue weighted by molar-refractivity contribution is -0.154. The van der Waals surface area contributed by atoms with E-state index in [4.69, 9.17) is 21.1 Å². The molecule has 0 unspecified atom stereocenters. The highest BCUT2D eigenvalue weighted by atomic mass is 35.5. The molecule has 25 heavy (non-hydrogen) atoms. The van der Waals surface area contributed by atoms with Crippen molar-refractivity contribution in [3.8, 4) is 5.75 Å². The molecule has 0 bridgehead atoms. The van der Waals surface area contributed by atoms with Crippen molar-refractivity contribution in [1.82, 2.24) is 5.32 Å². The fourth-order valence-corrected chi connectivity index (χ4v) is 2.25. The molecule has 0 saturated heterocycles. The summed E-state index contributed by atoms with van der Waals surface area (Å²) in [6.45, 7) is 3.06. The standard InChI is InChI=1S/C19H20ClNO4/c1-13(15-6-4-3-5-7-15)21-18(22)12-24-19(23)14(2)25-17-10-8-16(20)9-11-17/h3-11,13-14H,12H2,1-2H3,(H,21,22)/t13-,14+/m1/s1. The smallest absolute Gasteiger partial charge is 0.347 e. The minimum Gasteiger partial charge on any atom is -0.479 e. The molecule has 0 aliphatic heterocycles. The lowest BCUT2D eigenvalue weighted by Crippen LogP contribution is -2.34. The molecule has 0 aromatic heterocycles. The van der Waals surface area contributed by atoms with Crippen LogP contribution in [0.25, 0.3) is 0 Å². The van der Waals surface area contributed by atoms with Crippen molar-refractivity contribution >= 4 is 23.5 Å². The van der Waals surface area contributed by atoms with E-state index in [0.717, 1.165) is 5.56 Å². The van der Waals surface area contributed by atoms with Crippen LogP contribution in [0.1, 0.15) is 25.5 Å². The first-order chi connectivity index (χ1) is 12.0. The number of hydrogen-bond donors (Lipinski definition) is 1. The van der Waals surface area contributed by atoms with Crippen LogP contribution in [0, 0.1) is 0 Å². The topological polar surface area (TPSA) is 64.6 Å². The van der Waals surface area contributed by atoms with Gasteiger partial charge in [-0.25, -0.2) is 4.79 Å². The zero-order chi connectivity index (χ0) is 18.2. The number of rotatable bonds is 7. The number of esters is 1. The molecule has 0 saturated carbocycles. The second kappa shape index (κ2) is 9.08. The Balaban J connectivity index is 1.76. The molecule has 6 heteroatoms. The molecule has 132 valence electrons. The molecule has 1 N–H and O–H groups in total. The summed E-state index contributed by atoms with van der Waals surface area (Å²) in [5, 5.41) is 3.35. The number of halogens is 1. The predicted molar refractivity (Wildman–Crippen MR) is 95.5 cm³/mol. The SMILES string of the molecule is C[C@H](Oc1ccc(Cl)cc1)C(=O)OCC(=O)N[C@H](C)c1ccccc1. The predicted octanol–water partition coefficient (Wildman–Crippen LogP) is 3.53. The molecule has 2 rings (SSSR count). The number of ether oxygens (including phenoxy) is 2. The molecule has 5 nitrogen and oxygen atoms in total. The number of carbonyl (C=O) groups excluding carboxylic acids is 2. The lowest BCUT2D eigenvalue weighted by Gasteiger charge is -2.16. The van der Waals surface area contributed by atoms with Crippen molar-refractivity contribution in [2.45, 2.75) is 26.0 Å². The van der Waals surface area contributed by atoms with Crippen LogP contribution in [-0.4, -0.2) is 24.6 Å². The molecule has 0 heterocycles. The van der Waals surface area contributed by atoms with Gasteiger partial charge in [-0.1, -0.05) is 41.9 Å². The summed E-state index contributed by atoms with van der Waals surface area (Å²) in [5.41, 5.74) is 0.974. The highest BCUT2D eigenvalue weighted by Gasteiger charge is 2.18. The Kier molecular flexibility index (Phi) is 6.83. The van der Waals surface area contributed by atoms with Crippen LogP contribution in [0.2, 0.25) is 5.02 Å². The van der Waals surface area contributed by atoms with Crippen molar-refractivity contribution in [2.24, 2.45) is 0 Å². The zero-order valence-electron chi connectivity index (χ0n) is 14.1. The first kappa shape index (κ1) is 18.8. The van der Waals surface area contributed by atoms with E-state index in [0.29, 0.717) is 10.8 Å². The monoisotopic (exact) mass is 361 g/mol. The zero-order valence-corrected chi connectivity index (χ0v) is 14.8. The molecule has 2 atom stereocenters. The van der Waals surface area contributed by atoms with Gasteiger partial charge in [-0.05, 0) is 43.7 Å². The van der Waals surface area contributed by atoms with Gasteiger partial charge in [-0.15, -0.1) is 0 Å². The first-order valence-electron chi connectivity index (χ1n) is 7.89. The highest BCUT2D eigenvalue weighted by Crippen LogP contribution is 2.17. The van der Waals surface area contributed by atoms with E-state index in [1.165, 1.54) is 0 Å². The van der Waals surface area contributed by atoms with Crippen LogP contribution in [0.4, 0.5) is 0 Å². The number of benzene rings is 2. The third-order valence-electron chi connectivity index (χ3n) is 3.48. The molecule has 0 radical (unpaired) electrons. The summed E-state index contributed by atoms with van der Waals surface area (Å²) in [7, 11) is 0. The van der Waals surface area contributed by atoms with Gasteiger partial charge in [-0.3, -0.25) is 4.79 Å². The molecule has 2 aromatic rings. The van der Waals surface area contributed by atoms with Gasteiger partial charge in [0.15, 0.2) is 12.7 Å². The van der Waals surface area contributed by atoms with Gasteiger partial charge in [0, 0.05) is 5.02 Å². The van der Waals surface area contributed by atoms with Crippen LogP contribution < -0.4 is 10.1 Å². The van der Waals surface area contributed by atoms with Gasteiger partial charge in [0.1, 0.15) is 5.75 Å². The second-order valence-electron chi connectivity index (χ2n) is 5.52. The molecule has 1 amide bonds. The van der Waals surface area contributed by atoms with E-state index in [9.17, 15) is 9.59 Å². The van der Waals surface area contributed by atoms with Gasteiger partial charge in [-0.2, -0.15) is 0 Å². The van der Waals surface area contributed by atoms with Crippen LogP contribution in [0.15, 0.2) is 54.6 Å². The first-order valence-corrected chi connectivity index (χ1v) is 8.26. The van der Waals surface area contributed by atoms with E-state index in [1.807, 2.05) is 37.3 Å². The largest absolute Gasteiger partial charge is 0.479 e. The summed E-state index contributed by atoms with van der Waals surface area (Å²) in [4.78, 5) is 23.8. The Morgan fingerprint density at radius 2 is 1.68 bits per heavy atom. The maximum Gasteiger partial charge on any atom is 0.347 e. The molecule has 0 aliphatic carbocycles. The van der Waals surface area contributed by atoms with E-state index in [-0.39, 0.29) is 18.6 Å². The van der Waals surface area contributed by atoms with Crippen molar-refractivity contribution in [3.05, 3.63) is 65.2 Å². The number of carbonyl (C=O) groups is 2. The second-order valence-corrected chi connectivity index (χ2v) is 5.96. The third-order valence-corrected chi connectivity index (χ3v) is 3.73. The number of amides is 1. The molecule has 0 spiro atoms. The number of nitrogens with one attached hydrogen (secondary N) is 1. The van der Waals surface area contributed by atoms with Crippen molar-refractivity contribution in [2.75, 3.05) is 6.61 Å². The van der Waals surface area contributed by atoms with Gasteiger partial charge >= 0.3 is 5.97 Å². The quantitative estimate of drug-likeness (QED) is 0.766. The Labute approximate surface area is 151 Å². The highest BCUT2D eigenvalue weighted by molar-refractivity contribution is 6.30. The molecular weight excluding hydrogens is 342 g/mol. The van der Waals surface area contributed by atoms with Crippen LogP contribution >= 0.6 is 11.6 Å². The van der Waals surface area contributed by atoms with Gasteiger partial charge in [0.2, 0.25) is 0 Å². The molecule has 0 fully saturated rings. The van der Waals surface area contributed by atoms with E-state index in [1.54, 1.807) is 31.2 Å². The molecule has 0 aliphatic rings. The normalized spacial score (nSPS) is 12.8. The Morgan fingerprint density at radius 1 is 1.04 bits per heavy atom. The maximum absolute atomic E-state index is 11.9. The fourth-order valence-electron chi connectivity index (χ4n) is 2.13. The molecule has 2 aromatic carbocycles. The average molecular weight is 362 g/mol. The minimum absolute atomic E-state index is 0.171. The van der Waals surface area contributed by atoms with E-state index in [2.05, 4.69) is 5.32 Å². The van der Waals surface area contributed by atoms with Crippen LogP contribution in [0.5, 0.6) is 5.75 Å². The third kappa shape index (κ3) is 6.12. The summed E-state index contributed by atoms with van der Waals surface area (Å²) in [6, 6.07) is 16.0. The Bertz CT molecular complexity index is 703. The van der Waals surface area contributed by atoms with Crippen molar-refractivity contribution in [3.63, 3.8) is 0 Å². The lowest BCUT2D eigenvalue weighted by atomic mass is 10.1. The minimum atomic E-state index is -0.833. The van der Waals surface area contributed by atoms with E-state index < -0.39 is 12.1 Å². The van der Waals surface area contributed by atoms with Gasteiger partial charge in [0.05, 0.1) is 6.04 Å². The van der Waals surface area contributed by atoms with Crippen molar-refractivity contribution < 1.29 is 19.1 Å². The van der Waals surface area contributed by atoms with E-state index >= 15 is 0 Å². The van der Waals surface area contributed by atoms with Crippen LogP contribution in [-0.2, 0) is 14.3 Å². The van der Waals surface area contributed by atoms with Crippen LogP contribution in [0.3, 0.4) is 0 Å². The van der Waals surface area contributed by atoms with Gasteiger partial charge in [0.25, 0.3) is 5.91 Å². The summed E-state index contributed by atoms with van der Waals surface area (Å²) in [5.74, 6) is -0.489. The average Bonchev–Trinajstić information content (AvgIpc) is 2.62. The van der Waals surface area contributed by atoms with Crippen molar-refractivity contribution in [1.29, 1.82) is 0 Å². The summed E-state index contributed by atoms with van der Waals surface area (Å²) < 4.78 is 10.4. The van der Waals surface area contributed by atoms with Gasteiger partial charge < -0.3 is 14.8 Å². The summed E-state index contributed by atoms with van der Waals surface area (Å²) >= 11 is 5.79. The Hall–Kier alpha value is -2.53.